The van der Waals surface area contributed by atoms with E-state index in [4.69, 9.17) is 0 Å². The van der Waals surface area contributed by atoms with Crippen LogP contribution in [0.3, 0.4) is 0 Å². The van der Waals surface area contributed by atoms with Gasteiger partial charge in [-0.25, -0.2) is 0 Å². The van der Waals surface area contributed by atoms with Gasteiger partial charge in [0.25, 0.3) is 5.91 Å². The van der Waals surface area contributed by atoms with Crippen molar-refractivity contribution in [2.24, 2.45) is 5.92 Å². The SMILES string of the molecule is O=C(c1ccccc1-n1nccn1)N1CC2CC(O)C1C2. The molecule has 0 spiro atoms. The molecule has 6 nitrogen and oxygen atoms in total. The lowest BCUT2D eigenvalue weighted by molar-refractivity contribution is 0.0403. The Balaban J connectivity index is 1.70. The average molecular weight is 284 g/mol. The van der Waals surface area contributed by atoms with Crippen LogP contribution in [0.4, 0.5) is 0 Å². The Hall–Kier alpha value is -2.21. The molecule has 2 bridgehead atoms. The summed E-state index contributed by atoms with van der Waals surface area (Å²) in [5.74, 6) is 0.387. The van der Waals surface area contributed by atoms with Crippen molar-refractivity contribution in [3.8, 4) is 5.69 Å². The first kappa shape index (κ1) is 12.5. The van der Waals surface area contributed by atoms with E-state index in [0.29, 0.717) is 17.2 Å². The zero-order chi connectivity index (χ0) is 14.4. The van der Waals surface area contributed by atoms with E-state index in [9.17, 15) is 9.90 Å². The number of aliphatic hydroxyl groups excluding tert-OH is 1. The Morgan fingerprint density at radius 2 is 1.95 bits per heavy atom. The van der Waals surface area contributed by atoms with Gasteiger partial charge in [-0.15, -0.1) is 0 Å². The monoisotopic (exact) mass is 284 g/mol. The Kier molecular flexibility index (Phi) is 2.78. The minimum absolute atomic E-state index is 0.0406. The van der Waals surface area contributed by atoms with Gasteiger partial charge >= 0.3 is 0 Å². The zero-order valence-electron chi connectivity index (χ0n) is 11.5. The summed E-state index contributed by atoms with van der Waals surface area (Å²) in [5, 5.41) is 18.2. The van der Waals surface area contributed by atoms with E-state index in [1.807, 2.05) is 18.2 Å². The molecule has 1 aliphatic carbocycles. The van der Waals surface area contributed by atoms with E-state index in [1.54, 1.807) is 23.4 Å². The molecule has 2 aliphatic rings. The highest BCUT2D eigenvalue weighted by Gasteiger charge is 2.46. The minimum Gasteiger partial charge on any atom is -0.391 e. The smallest absolute Gasteiger partial charge is 0.256 e. The van der Waals surface area contributed by atoms with Gasteiger partial charge in [-0.3, -0.25) is 4.79 Å². The molecule has 1 saturated carbocycles. The lowest BCUT2D eigenvalue weighted by Gasteiger charge is -2.31. The second kappa shape index (κ2) is 4.66. The molecule has 108 valence electrons. The molecular formula is C15H16N4O2. The molecule has 1 amide bonds. The molecule has 2 heterocycles. The third-order valence-electron chi connectivity index (χ3n) is 4.48. The van der Waals surface area contributed by atoms with Crippen LogP contribution < -0.4 is 0 Å². The summed E-state index contributed by atoms with van der Waals surface area (Å²) >= 11 is 0. The Labute approximate surface area is 122 Å². The van der Waals surface area contributed by atoms with E-state index < -0.39 is 0 Å². The summed E-state index contributed by atoms with van der Waals surface area (Å²) in [6, 6.07) is 7.28. The van der Waals surface area contributed by atoms with E-state index >= 15 is 0 Å². The number of carbonyl (C=O) groups is 1. The number of carbonyl (C=O) groups excluding carboxylic acids is 1. The first-order valence-electron chi connectivity index (χ1n) is 7.19. The second-order valence-electron chi connectivity index (χ2n) is 5.77. The molecule has 3 unspecified atom stereocenters. The lowest BCUT2D eigenvalue weighted by Crippen LogP contribution is -2.45. The van der Waals surface area contributed by atoms with E-state index in [-0.39, 0.29) is 18.1 Å². The van der Waals surface area contributed by atoms with Crippen molar-refractivity contribution in [1.82, 2.24) is 19.9 Å². The van der Waals surface area contributed by atoms with Gasteiger partial charge < -0.3 is 10.0 Å². The molecular weight excluding hydrogens is 268 g/mol. The third kappa shape index (κ3) is 1.94. The summed E-state index contributed by atoms with van der Waals surface area (Å²) < 4.78 is 0. The van der Waals surface area contributed by atoms with Crippen LogP contribution in [-0.4, -0.2) is 49.6 Å². The number of likely N-dealkylation sites (tertiary alicyclic amines) is 1. The summed E-state index contributed by atoms with van der Waals surface area (Å²) in [7, 11) is 0. The van der Waals surface area contributed by atoms with Crippen molar-refractivity contribution in [3.05, 3.63) is 42.2 Å². The molecule has 1 aliphatic heterocycles. The van der Waals surface area contributed by atoms with Crippen LogP contribution in [0.5, 0.6) is 0 Å². The van der Waals surface area contributed by atoms with Gasteiger partial charge in [0.15, 0.2) is 0 Å². The lowest BCUT2D eigenvalue weighted by atomic mass is 10.1. The molecule has 6 heteroatoms. The average Bonchev–Trinajstić information content (AvgIpc) is 3.22. The summed E-state index contributed by atoms with van der Waals surface area (Å²) in [6.45, 7) is 0.738. The predicted octanol–water partition coefficient (Wildman–Crippen LogP) is 0.863. The molecule has 0 radical (unpaired) electrons. The number of piperidine rings is 1. The number of aliphatic hydroxyl groups is 1. The number of fused-ring (bicyclic) bond motifs is 2. The van der Waals surface area contributed by atoms with Crippen LogP contribution >= 0.6 is 0 Å². The third-order valence-corrected chi connectivity index (χ3v) is 4.48. The van der Waals surface area contributed by atoms with Crippen molar-refractivity contribution in [2.75, 3.05) is 6.54 Å². The minimum atomic E-state index is -0.386. The van der Waals surface area contributed by atoms with Crippen molar-refractivity contribution < 1.29 is 9.90 Å². The standard InChI is InChI=1S/C15H16N4O2/c20-14-8-10-7-13(14)18(9-10)15(21)11-3-1-2-4-12(11)19-16-5-6-17-19/h1-6,10,13-14,20H,7-9H2. The molecule has 21 heavy (non-hydrogen) atoms. The first-order valence-corrected chi connectivity index (χ1v) is 7.19. The summed E-state index contributed by atoms with van der Waals surface area (Å²) in [5.41, 5.74) is 1.25. The Bertz CT molecular complexity index is 670. The van der Waals surface area contributed by atoms with Crippen LogP contribution in [0, 0.1) is 5.92 Å². The maximum atomic E-state index is 12.8. The zero-order valence-corrected chi connectivity index (χ0v) is 11.5. The number of hydrogen-bond acceptors (Lipinski definition) is 4. The highest BCUT2D eigenvalue weighted by Crippen LogP contribution is 2.38. The number of amides is 1. The topological polar surface area (TPSA) is 71.2 Å². The first-order chi connectivity index (χ1) is 10.2. The van der Waals surface area contributed by atoms with Crippen LogP contribution in [0.15, 0.2) is 36.7 Å². The number of aromatic nitrogens is 3. The second-order valence-corrected chi connectivity index (χ2v) is 5.77. The highest BCUT2D eigenvalue weighted by molar-refractivity contribution is 5.98. The predicted molar refractivity (Wildman–Crippen MR) is 74.9 cm³/mol. The van der Waals surface area contributed by atoms with Crippen molar-refractivity contribution in [3.63, 3.8) is 0 Å². The van der Waals surface area contributed by atoms with Gasteiger partial charge in [-0.1, -0.05) is 12.1 Å². The molecule has 4 rings (SSSR count). The molecule has 1 aromatic carbocycles. The van der Waals surface area contributed by atoms with Crippen molar-refractivity contribution in [1.29, 1.82) is 0 Å². The van der Waals surface area contributed by atoms with Crippen molar-refractivity contribution >= 4 is 5.91 Å². The molecule has 1 N–H and O–H groups in total. The molecule has 2 aromatic rings. The molecule has 2 fully saturated rings. The number of rotatable bonds is 2. The highest BCUT2D eigenvalue weighted by atomic mass is 16.3. The fourth-order valence-electron chi connectivity index (χ4n) is 3.55. The number of nitrogens with zero attached hydrogens (tertiary/aromatic N) is 4. The fraction of sp³-hybridized carbons (Fsp3) is 0.400. The van der Waals surface area contributed by atoms with E-state index in [1.165, 1.54) is 4.80 Å². The maximum Gasteiger partial charge on any atom is 0.256 e. The Morgan fingerprint density at radius 3 is 2.67 bits per heavy atom. The number of hydrogen-bond donors (Lipinski definition) is 1. The Morgan fingerprint density at radius 1 is 1.19 bits per heavy atom. The van der Waals surface area contributed by atoms with Crippen molar-refractivity contribution in [2.45, 2.75) is 25.0 Å². The molecule has 1 aromatic heterocycles. The van der Waals surface area contributed by atoms with Crippen LogP contribution in [-0.2, 0) is 0 Å². The van der Waals surface area contributed by atoms with Crippen LogP contribution in [0.2, 0.25) is 0 Å². The van der Waals surface area contributed by atoms with Gasteiger partial charge in [0.1, 0.15) is 0 Å². The quantitative estimate of drug-likeness (QED) is 0.888. The number of benzene rings is 1. The van der Waals surface area contributed by atoms with E-state index in [0.717, 1.165) is 19.4 Å². The summed E-state index contributed by atoms with van der Waals surface area (Å²) in [6.07, 6.45) is 4.51. The van der Waals surface area contributed by atoms with Crippen LogP contribution in [0.1, 0.15) is 23.2 Å². The van der Waals surface area contributed by atoms with Gasteiger partial charge in [0, 0.05) is 6.54 Å². The van der Waals surface area contributed by atoms with Gasteiger partial charge in [-0.2, -0.15) is 15.0 Å². The van der Waals surface area contributed by atoms with Gasteiger partial charge in [0.05, 0.1) is 35.8 Å². The van der Waals surface area contributed by atoms with Gasteiger partial charge in [-0.05, 0) is 30.9 Å². The fourth-order valence-corrected chi connectivity index (χ4v) is 3.55. The normalized spacial score (nSPS) is 27.3. The maximum absolute atomic E-state index is 12.8. The summed E-state index contributed by atoms with van der Waals surface area (Å²) in [4.78, 5) is 16.1. The van der Waals surface area contributed by atoms with E-state index in [2.05, 4.69) is 10.2 Å². The largest absolute Gasteiger partial charge is 0.391 e. The van der Waals surface area contributed by atoms with Crippen LogP contribution in [0.25, 0.3) is 5.69 Å². The molecule has 3 atom stereocenters. The number of para-hydroxylation sites is 1. The van der Waals surface area contributed by atoms with Gasteiger partial charge in [0.2, 0.25) is 0 Å². The molecule has 1 saturated heterocycles.